The fraction of sp³-hybridized carbons (Fsp3) is 0.467. The topological polar surface area (TPSA) is 79.9 Å². The van der Waals surface area contributed by atoms with Crippen LogP contribution in [0.1, 0.15) is 13.8 Å². The Morgan fingerprint density at radius 1 is 1.41 bits per heavy atom. The third-order valence-electron chi connectivity index (χ3n) is 3.87. The van der Waals surface area contributed by atoms with Crippen molar-refractivity contribution >= 4 is 23.2 Å². The molecule has 7 heteroatoms. The van der Waals surface area contributed by atoms with E-state index in [2.05, 4.69) is 10.6 Å². The van der Waals surface area contributed by atoms with Gasteiger partial charge in [0, 0.05) is 19.2 Å². The van der Waals surface area contributed by atoms with E-state index in [1.807, 2.05) is 19.9 Å². The summed E-state index contributed by atoms with van der Waals surface area (Å²) in [6, 6.07) is 3.18. The van der Waals surface area contributed by atoms with Crippen molar-refractivity contribution in [1.29, 1.82) is 0 Å². The van der Waals surface area contributed by atoms with E-state index >= 15 is 0 Å². The molecule has 118 valence electrons. The van der Waals surface area contributed by atoms with Crippen LogP contribution in [-0.4, -0.2) is 38.2 Å². The van der Waals surface area contributed by atoms with Gasteiger partial charge in [-0.1, -0.05) is 13.8 Å². The lowest BCUT2D eigenvalue weighted by atomic mass is 9.98. The third kappa shape index (κ3) is 2.32. The maximum atomic E-state index is 12.7. The number of carbonyl (C=O) groups is 2. The lowest BCUT2D eigenvalue weighted by Crippen LogP contribution is -2.52. The van der Waals surface area contributed by atoms with Crippen LogP contribution < -0.4 is 25.0 Å². The van der Waals surface area contributed by atoms with Gasteiger partial charge in [0.2, 0.25) is 18.6 Å². The number of nitrogens with zero attached hydrogens (tertiary/aromatic N) is 1. The van der Waals surface area contributed by atoms with E-state index in [0.717, 1.165) is 5.69 Å². The molecule has 7 nitrogen and oxygen atoms in total. The molecule has 2 aliphatic rings. The van der Waals surface area contributed by atoms with Gasteiger partial charge < -0.3 is 20.1 Å². The fourth-order valence-corrected chi connectivity index (χ4v) is 2.62. The van der Waals surface area contributed by atoms with E-state index in [1.54, 1.807) is 13.1 Å². The summed E-state index contributed by atoms with van der Waals surface area (Å²) in [6.45, 7) is 4.07. The number of rotatable bonds is 3. The molecule has 3 rings (SSSR count). The molecule has 2 N–H and O–H groups in total. The Bertz CT molecular complexity index is 629. The first-order valence-corrected chi connectivity index (χ1v) is 7.23. The Balaban J connectivity index is 2.04. The summed E-state index contributed by atoms with van der Waals surface area (Å²) in [6.07, 6.45) is 0. The minimum atomic E-state index is -0.377. The molecule has 2 heterocycles. The van der Waals surface area contributed by atoms with Crippen molar-refractivity contribution in [1.82, 2.24) is 5.32 Å². The molecule has 0 bridgehead atoms. The highest BCUT2D eigenvalue weighted by Gasteiger charge is 2.36. The zero-order valence-corrected chi connectivity index (χ0v) is 12.8. The van der Waals surface area contributed by atoms with E-state index in [0.29, 0.717) is 17.2 Å². The van der Waals surface area contributed by atoms with Crippen LogP contribution in [0, 0.1) is 5.92 Å². The average molecular weight is 305 g/mol. The molecule has 0 aliphatic carbocycles. The maximum Gasteiger partial charge on any atom is 0.250 e. The van der Waals surface area contributed by atoms with Crippen molar-refractivity contribution in [3.05, 3.63) is 12.1 Å². The predicted octanol–water partition coefficient (Wildman–Crippen LogP) is 0.944. The van der Waals surface area contributed by atoms with Gasteiger partial charge in [0.05, 0.1) is 11.4 Å². The van der Waals surface area contributed by atoms with Gasteiger partial charge in [0.15, 0.2) is 11.5 Å². The van der Waals surface area contributed by atoms with Crippen molar-refractivity contribution in [3.8, 4) is 11.5 Å². The molecule has 0 fully saturated rings. The Hall–Kier alpha value is -2.44. The molecule has 1 aromatic carbocycles. The average Bonchev–Trinajstić information content (AvgIpc) is 2.94. The van der Waals surface area contributed by atoms with Crippen LogP contribution in [0.4, 0.5) is 11.4 Å². The zero-order chi connectivity index (χ0) is 15.9. The molecule has 0 saturated heterocycles. The lowest BCUT2D eigenvalue weighted by molar-refractivity contribution is -0.124. The van der Waals surface area contributed by atoms with Gasteiger partial charge in [-0.05, 0) is 5.92 Å². The van der Waals surface area contributed by atoms with Crippen molar-refractivity contribution in [3.63, 3.8) is 0 Å². The van der Waals surface area contributed by atoms with E-state index in [-0.39, 0.29) is 37.1 Å². The molecule has 1 aromatic rings. The Labute approximate surface area is 128 Å². The molecule has 1 atom stereocenters. The number of carbonyl (C=O) groups excluding carboxylic acids is 2. The van der Waals surface area contributed by atoms with Crippen LogP contribution in [-0.2, 0) is 9.59 Å². The number of fused-ring (bicyclic) bond motifs is 2. The summed E-state index contributed by atoms with van der Waals surface area (Å²) in [5.41, 5.74) is 1.40. The van der Waals surface area contributed by atoms with Crippen LogP contribution >= 0.6 is 0 Å². The van der Waals surface area contributed by atoms with Crippen molar-refractivity contribution in [2.45, 2.75) is 19.9 Å². The largest absolute Gasteiger partial charge is 0.454 e. The first-order valence-electron chi connectivity index (χ1n) is 7.23. The minimum absolute atomic E-state index is 0.0210. The van der Waals surface area contributed by atoms with Crippen molar-refractivity contribution < 1.29 is 19.1 Å². The predicted molar refractivity (Wildman–Crippen MR) is 81.2 cm³/mol. The van der Waals surface area contributed by atoms with Gasteiger partial charge in [0.25, 0.3) is 0 Å². The second-order valence-corrected chi connectivity index (χ2v) is 5.69. The zero-order valence-electron chi connectivity index (χ0n) is 12.8. The van der Waals surface area contributed by atoms with Crippen LogP contribution in [0.5, 0.6) is 11.5 Å². The number of likely N-dealkylation sites (N-methyl/N-ethyl adjacent to an activating group) is 1. The summed E-state index contributed by atoms with van der Waals surface area (Å²) in [7, 11) is 1.55. The van der Waals surface area contributed by atoms with Gasteiger partial charge in [-0.3, -0.25) is 14.5 Å². The summed E-state index contributed by atoms with van der Waals surface area (Å²) < 4.78 is 10.7. The van der Waals surface area contributed by atoms with E-state index in [1.165, 1.54) is 4.90 Å². The molecule has 0 saturated carbocycles. The standard InChI is InChI=1S/C15H19N3O4/c1-8(2)14-15(20)18(6-13(19)16-3)10-5-12-11(21-7-22-12)4-9(10)17-14/h4-5,8,14,17H,6-7H2,1-3H3,(H,16,19). The van der Waals surface area contributed by atoms with Gasteiger partial charge in [-0.15, -0.1) is 0 Å². The van der Waals surface area contributed by atoms with Crippen LogP contribution in [0.3, 0.4) is 0 Å². The second kappa shape index (κ2) is 5.40. The first kappa shape index (κ1) is 14.5. The van der Waals surface area contributed by atoms with Gasteiger partial charge in [-0.25, -0.2) is 0 Å². The number of hydrogen-bond donors (Lipinski definition) is 2. The number of ether oxygens (including phenoxy) is 2. The highest BCUT2D eigenvalue weighted by Crippen LogP contribution is 2.43. The molecule has 2 aliphatic heterocycles. The number of benzene rings is 1. The SMILES string of the molecule is CNC(=O)CN1C(=O)C(C(C)C)Nc2cc3c(cc21)OCO3. The summed E-state index contributed by atoms with van der Waals surface area (Å²) >= 11 is 0. The van der Waals surface area contributed by atoms with Crippen LogP contribution in [0.2, 0.25) is 0 Å². The monoisotopic (exact) mass is 305 g/mol. The van der Waals surface area contributed by atoms with Gasteiger partial charge in [0.1, 0.15) is 12.6 Å². The Kier molecular flexibility index (Phi) is 3.56. The Morgan fingerprint density at radius 3 is 2.73 bits per heavy atom. The quantitative estimate of drug-likeness (QED) is 0.869. The molecule has 1 unspecified atom stereocenters. The lowest BCUT2D eigenvalue weighted by Gasteiger charge is -2.36. The molecule has 0 spiro atoms. The van der Waals surface area contributed by atoms with E-state index in [4.69, 9.17) is 9.47 Å². The second-order valence-electron chi connectivity index (χ2n) is 5.69. The van der Waals surface area contributed by atoms with Crippen LogP contribution in [0.25, 0.3) is 0 Å². The molecule has 0 aromatic heterocycles. The van der Waals surface area contributed by atoms with Gasteiger partial charge in [-0.2, -0.15) is 0 Å². The van der Waals surface area contributed by atoms with Crippen LogP contribution in [0.15, 0.2) is 12.1 Å². The molecule has 2 amide bonds. The molecule has 22 heavy (non-hydrogen) atoms. The van der Waals surface area contributed by atoms with E-state index < -0.39 is 0 Å². The van der Waals surface area contributed by atoms with Gasteiger partial charge >= 0.3 is 0 Å². The number of nitrogens with one attached hydrogen (secondary N) is 2. The first-order chi connectivity index (χ1) is 10.5. The third-order valence-corrected chi connectivity index (χ3v) is 3.87. The fourth-order valence-electron chi connectivity index (χ4n) is 2.62. The molecular formula is C15H19N3O4. The normalized spacial score (nSPS) is 19.0. The number of amides is 2. The van der Waals surface area contributed by atoms with Crippen molar-refractivity contribution in [2.24, 2.45) is 5.92 Å². The number of hydrogen-bond acceptors (Lipinski definition) is 5. The smallest absolute Gasteiger partial charge is 0.250 e. The Morgan fingerprint density at radius 2 is 2.09 bits per heavy atom. The van der Waals surface area contributed by atoms with E-state index in [9.17, 15) is 9.59 Å². The highest BCUT2D eigenvalue weighted by atomic mass is 16.7. The maximum absolute atomic E-state index is 12.7. The van der Waals surface area contributed by atoms with Crippen molar-refractivity contribution in [2.75, 3.05) is 30.6 Å². The molecular weight excluding hydrogens is 286 g/mol. The summed E-state index contributed by atoms with van der Waals surface area (Å²) in [5, 5.41) is 5.79. The highest BCUT2D eigenvalue weighted by molar-refractivity contribution is 6.08. The molecule has 0 radical (unpaired) electrons. The number of anilines is 2. The summed E-state index contributed by atoms with van der Waals surface area (Å²) in [5.74, 6) is 0.978. The minimum Gasteiger partial charge on any atom is -0.454 e. The summed E-state index contributed by atoms with van der Waals surface area (Å²) in [4.78, 5) is 26.0.